The van der Waals surface area contributed by atoms with Crippen LogP contribution in [-0.2, 0) is 28.0 Å². The first kappa shape index (κ1) is 20.7. The van der Waals surface area contributed by atoms with Gasteiger partial charge in [-0.2, -0.15) is 0 Å². The number of nitrogens with one attached hydrogen (secondary N) is 1. The van der Waals surface area contributed by atoms with Gasteiger partial charge in [0, 0.05) is 26.6 Å². The summed E-state index contributed by atoms with van der Waals surface area (Å²) in [5.74, 6) is -0.0377. The summed E-state index contributed by atoms with van der Waals surface area (Å²) in [6.07, 6.45) is 0.641. The van der Waals surface area contributed by atoms with E-state index in [0.29, 0.717) is 25.9 Å². The molecule has 144 valence electrons. The second-order valence-corrected chi connectivity index (χ2v) is 7.96. The van der Waals surface area contributed by atoms with Gasteiger partial charge >= 0.3 is 0 Å². The lowest BCUT2D eigenvalue weighted by molar-refractivity contribution is -0.130. The van der Waals surface area contributed by atoms with Crippen molar-refractivity contribution in [1.82, 2.24) is 10.2 Å². The van der Waals surface area contributed by atoms with Gasteiger partial charge in [0.05, 0.1) is 6.42 Å². The standard InChI is InChI=1S/C23H30N2O2/c1-23(2,3)20-12-10-19(11-13-20)17-25(4)22(27)14-15-24-21(26)16-18-8-6-5-7-9-18/h5-13H,14-17H2,1-4H3,(H,24,26). The van der Waals surface area contributed by atoms with Crippen molar-refractivity contribution in [2.75, 3.05) is 13.6 Å². The fourth-order valence-corrected chi connectivity index (χ4v) is 2.82. The minimum atomic E-state index is -0.0607. The quantitative estimate of drug-likeness (QED) is 0.812. The number of hydrogen-bond donors (Lipinski definition) is 1. The van der Waals surface area contributed by atoms with Crippen LogP contribution in [-0.4, -0.2) is 30.3 Å². The maximum Gasteiger partial charge on any atom is 0.224 e. The molecule has 2 aromatic rings. The zero-order valence-corrected chi connectivity index (χ0v) is 16.8. The van der Waals surface area contributed by atoms with Crippen LogP contribution in [0.5, 0.6) is 0 Å². The average molecular weight is 367 g/mol. The summed E-state index contributed by atoms with van der Waals surface area (Å²) in [6.45, 7) is 7.48. The van der Waals surface area contributed by atoms with Crippen molar-refractivity contribution >= 4 is 11.8 Å². The fourth-order valence-electron chi connectivity index (χ4n) is 2.82. The van der Waals surface area contributed by atoms with E-state index in [1.807, 2.05) is 30.3 Å². The van der Waals surface area contributed by atoms with Gasteiger partial charge in [0.25, 0.3) is 0 Å². The summed E-state index contributed by atoms with van der Waals surface area (Å²) in [5, 5.41) is 2.82. The van der Waals surface area contributed by atoms with Crippen molar-refractivity contribution in [1.29, 1.82) is 0 Å². The predicted octanol–water partition coefficient (Wildman–Crippen LogP) is 3.69. The van der Waals surface area contributed by atoms with E-state index in [1.165, 1.54) is 5.56 Å². The lowest BCUT2D eigenvalue weighted by atomic mass is 9.87. The van der Waals surface area contributed by atoms with Gasteiger partial charge < -0.3 is 10.2 Å². The highest BCUT2D eigenvalue weighted by molar-refractivity contribution is 5.80. The Bertz CT molecular complexity index is 746. The zero-order valence-electron chi connectivity index (χ0n) is 16.8. The van der Waals surface area contributed by atoms with E-state index in [9.17, 15) is 9.59 Å². The Labute approximate surface area is 162 Å². The monoisotopic (exact) mass is 366 g/mol. The van der Waals surface area contributed by atoms with Crippen LogP contribution in [0.2, 0.25) is 0 Å². The van der Waals surface area contributed by atoms with Crippen molar-refractivity contribution in [2.24, 2.45) is 0 Å². The van der Waals surface area contributed by atoms with Crippen molar-refractivity contribution in [3.63, 3.8) is 0 Å². The topological polar surface area (TPSA) is 49.4 Å². The minimum absolute atomic E-state index is 0.0231. The Balaban J connectivity index is 1.74. The Kier molecular flexibility index (Phi) is 7.17. The summed E-state index contributed by atoms with van der Waals surface area (Å²) in [5.41, 5.74) is 3.48. The lowest BCUT2D eigenvalue weighted by Gasteiger charge is -2.21. The molecule has 2 amide bonds. The number of benzene rings is 2. The smallest absolute Gasteiger partial charge is 0.224 e. The van der Waals surface area contributed by atoms with Gasteiger partial charge in [-0.15, -0.1) is 0 Å². The first-order valence-electron chi connectivity index (χ1n) is 9.40. The molecule has 0 saturated heterocycles. The maximum atomic E-state index is 12.3. The molecule has 0 spiro atoms. The molecule has 0 saturated carbocycles. The van der Waals surface area contributed by atoms with Gasteiger partial charge in [0.2, 0.25) is 11.8 Å². The third kappa shape index (κ3) is 6.89. The second kappa shape index (κ2) is 9.36. The minimum Gasteiger partial charge on any atom is -0.355 e. The van der Waals surface area contributed by atoms with E-state index >= 15 is 0 Å². The second-order valence-electron chi connectivity index (χ2n) is 7.96. The van der Waals surface area contributed by atoms with E-state index < -0.39 is 0 Å². The number of rotatable bonds is 7. The molecule has 0 unspecified atom stereocenters. The third-order valence-electron chi connectivity index (χ3n) is 4.53. The van der Waals surface area contributed by atoms with Gasteiger partial charge in [-0.25, -0.2) is 0 Å². The fraction of sp³-hybridized carbons (Fsp3) is 0.391. The molecule has 4 heteroatoms. The van der Waals surface area contributed by atoms with E-state index in [4.69, 9.17) is 0 Å². The van der Waals surface area contributed by atoms with Gasteiger partial charge in [-0.1, -0.05) is 75.4 Å². The highest BCUT2D eigenvalue weighted by Gasteiger charge is 2.14. The summed E-state index contributed by atoms with van der Waals surface area (Å²) in [7, 11) is 1.80. The highest BCUT2D eigenvalue weighted by Crippen LogP contribution is 2.22. The van der Waals surface area contributed by atoms with Crippen LogP contribution in [0.25, 0.3) is 0 Å². The van der Waals surface area contributed by atoms with Crippen LogP contribution in [0, 0.1) is 0 Å². The molecule has 0 aliphatic carbocycles. The third-order valence-corrected chi connectivity index (χ3v) is 4.53. The molecule has 0 heterocycles. The molecule has 0 atom stereocenters. The molecular weight excluding hydrogens is 336 g/mol. The van der Waals surface area contributed by atoms with Gasteiger partial charge in [0.1, 0.15) is 0 Å². The average Bonchev–Trinajstić information content (AvgIpc) is 2.62. The Morgan fingerprint density at radius 3 is 2.15 bits per heavy atom. The largest absolute Gasteiger partial charge is 0.355 e. The summed E-state index contributed by atoms with van der Waals surface area (Å²) in [4.78, 5) is 25.9. The normalized spacial score (nSPS) is 11.1. The summed E-state index contributed by atoms with van der Waals surface area (Å²) >= 11 is 0. The van der Waals surface area contributed by atoms with Crippen molar-refractivity contribution in [2.45, 2.75) is 45.6 Å². The Hall–Kier alpha value is -2.62. The van der Waals surface area contributed by atoms with Crippen molar-refractivity contribution in [3.8, 4) is 0 Å². The highest BCUT2D eigenvalue weighted by atomic mass is 16.2. The molecule has 0 aromatic heterocycles. The first-order chi connectivity index (χ1) is 12.8. The van der Waals surface area contributed by atoms with Crippen LogP contribution in [0.15, 0.2) is 54.6 Å². The van der Waals surface area contributed by atoms with Gasteiger partial charge in [0.15, 0.2) is 0 Å². The number of hydrogen-bond acceptors (Lipinski definition) is 2. The number of carbonyl (C=O) groups excluding carboxylic acids is 2. The molecule has 0 aliphatic heterocycles. The molecule has 27 heavy (non-hydrogen) atoms. The summed E-state index contributed by atoms with van der Waals surface area (Å²) < 4.78 is 0. The van der Waals surface area contributed by atoms with Crippen LogP contribution in [0.4, 0.5) is 0 Å². The molecule has 2 rings (SSSR count). The van der Waals surface area contributed by atoms with Crippen LogP contribution in [0.1, 0.15) is 43.9 Å². The van der Waals surface area contributed by atoms with E-state index in [2.05, 4.69) is 50.4 Å². The van der Waals surface area contributed by atoms with E-state index in [0.717, 1.165) is 11.1 Å². The molecule has 1 N–H and O–H groups in total. The van der Waals surface area contributed by atoms with E-state index in [-0.39, 0.29) is 17.2 Å². The van der Waals surface area contributed by atoms with Crippen LogP contribution in [0.3, 0.4) is 0 Å². The van der Waals surface area contributed by atoms with Crippen molar-refractivity contribution in [3.05, 3.63) is 71.3 Å². The molecule has 2 aromatic carbocycles. The predicted molar refractivity (Wildman–Crippen MR) is 109 cm³/mol. The van der Waals surface area contributed by atoms with Gasteiger partial charge in [-0.05, 0) is 22.1 Å². The maximum absolute atomic E-state index is 12.3. The Morgan fingerprint density at radius 1 is 0.926 bits per heavy atom. The van der Waals surface area contributed by atoms with Gasteiger partial charge in [-0.3, -0.25) is 9.59 Å². The SMILES string of the molecule is CN(Cc1ccc(C(C)(C)C)cc1)C(=O)CCNC(=O)Cc1ccccc1. The van der Waals surface area contributed by atoms with Crippen molar-refractivity contribution < 1.29 is 9.59 Å². The first-order valence-corrected chi connectivity index (χ1v) is 9.40. The molecule has 0 bridgehead atoms. The summed E-state index contributed by atoms with van der Waals surface area (Å²) in [6, 6.07) is 18.0. The van der Waals surface area contributed by atoms with Crippen LogP contribution < -0.4 is 5.32 Å². The van der Waals surface area contributed by atoms with E-state index in [1.54, 1.807) is 11.9 Å². The molecule has 0 fully saturated rings. The molecular formula is C23H30N2O2. The number of amides is 2. The molecule has 0 aliphatic rings. The molecule has 4 nitrogen and oxygen atoms in total. The zero-order chi connectivity index (χ0) is 19.9. The number of nitrogens with zero attached hydrogens (tertiary/aromatic N) is 1. The molecule has 0 radical (unpaired) electrons. The van der Waals surface area contributed by atoms with Crippen LogP contribution >= 0.6 is 0 Å². The Morgan fingerprint density at radius 2 is 1.56 bits per heavy atom. The number of carbonyl (C=O) groups is 2. The lowest BCUT2D eigenvalue weighted by Crippen LogP contribution is -2.32.